The minimum Gasteiger partial charge on any atom is -0.508 e. The molecule has 0 saturated heterocycles. The van der Waals surface area contributed by atoms with E-state index < -0.39 is 5.91 Å². The highest BCUT2D eigenvalue weighted by molar-refractivity contribution is 7.10. The number of thiophene rings is 1. The zero-order valence-corrected chi connectivity index (χ0v) is 11.3. The molecule has 0 fully saturated rings. The Morgan fingerprint density at radius 3 is 2.84 bits per heavy atom. The van der Waals surface area contributed by atoms with Crippen molar-refractivity contribution in [2.75, 3.05) is 0 Å². The predicted octanol–water partition coefficient (Wildman–Crippen LogP) is 2.65. The van der Waals surface area contributed by atoms with E-state index in [1.807, 2.05) is 11.4 Å². The molecule has 0 saturated carbocycles. The van der Waals surface area contributed by atoms with Crippen LogP contribution in [0.2, 0.25) is 0 Å². The molecular formula is C14H15NO3S. The van der Waals surface area contributed by atoms with E-state index in [-0.39, 0.29) is 17.1 Å². The van der Waals surface area contributed by atoms with Crippen LogP contribution in [0.15, 0.2) is 29.6 Å². The summed E-state index contributed by atoms with van der Waals surface area (Å²) in [5.74, 6) is -0.589. The third-order valence-electron chi connectivity index (χ3n) is 2.85. The first-order chi connectivity index (χ1) is 9.11. The maximum atomic E-state index is 11.9. The molecule has 1 aromatic heterocycles. The molecular weight excluding hydrogens is 262 g/mol. The second-order valence-corrected chi connectivity index (χ2v) is 5.11. The zero-order valence-electron chi connectivity index (χ0n) is 10.5. The molecule has 1 heterocycles. The first-order valence-corrected chi connectivity index (χ1v) is 6.85. The van der Waals surface area contributed by atoms with Gasteiger partial charge in [0.05, 0.1) is 12.1 Å². The second kappa shape index (κ2) is 5.75. The summed E-state index contributed by atoms with van der Waals surface area (Å²) >= 11 is 1.59. The molecule has 0 atom stereocenters. The molecule has 0 aliphatic heterocycles. The zero-order chi connectivity index (χ0) is 13.8. The molecule has 0 aliphatic carbocycles. The van der Waals surface area contributed by atoms with E-state index in [1.54, 1.807) is 11.3 Å². The van der Waals surface area contributed by atoms with Gasteiger partial charge in [-0.1, -0.05) is 6.92 Å². The SMILES string of the molecule is CCc1ccsc1CNC(=O)c1cc(O)ccc1O. The van der Waals surface area contributed by atoms with Gasteiger partial charge in [-0.2, -0.15) is 0 Å². The number of hydrogen-bond acceptors (Lipinski definition) is 4. The van der Waals surface area contributed by atoms with Crippen molar-refractivity contribution in [3.63, 3.8) is 0 Å². The summed E-state index contributed by atoms with van der Waals surface area (Å²) in [5, 5.41) is 23.7. The normalized spacial score (nSPS) is 10.4. The molecule has 100 valence electrons. The first-order valence-electron chi connectivity index (χ1n) is 5.97. The number of rotatable bonds is 4. The van der Waals surface area contributed by atoms with E-state index in [0.29, 0.717) is 6.54 Å². The molecule has 0 aliphatic rings. The lowest BCUT2D eigenvalue weighted by atomic mass is 10.1. The lowest BCUT2D eigenvalue weighted by Gasteiger charge is -2.07. The molecule has 19 heavy (non-hydrogen) atoms. The highest BCUT2D eigenvalue weighted by atomic mass is 32.1. The maximum Gasteiger partial charge on any atom is 0.255 e. The Kier molecular flexibility index (Phi) is 4.06. The van der Waals surface area contributed by atoms with Gasteiger partial charge in [-0.15, -0.1) is 11.3 Å². The van der Waals surface area contributed by atoms with Gasteiger partial charge in [-0.05, 0) is 41.6 Å². The van der Waals surface area contributed by atoms with Gasteiger partial charge < -0.3 is 15.5 Å². The summed E-state index contributed by atoms with van der Waals surface area (Å²) in [4.78, 5) is 13.0. The van der Waals surface area contributed by atoms with Gasteiger partial charge in [0, 0.05) is 4.88 Å². The number of nitrogens with one attached hydrogen (secondary N) is 1. The number of phenols is 2. The standard InChI is InChI=1S/C14H15NO3S/c1-2-9-5-6-19-13(9)8-15-14(18)11-7-10(16)3-4-12(11)17/h3-7,16-17H,2,8H2,1H3,(H,15,18). The summed E-state index contributed by atoms with van der Waals surface area (Å²) in [6.07, 6.45) is 0.923. The molecule has 0 unspecified atom stereocenters. The summed E-state index contributed by atoms with van der Waals surface area (Å²) < 4.78 is 0. The summed E-state index contributed by atoms with van der Waals surface area (Å²) in [6.45, 7) is 2.49. The Bertz CT molecular complexity index is 592. The van der Waals surface area contributed by atoms with Crippen LogP contribution in [0.1, 0.15) is 27.7 Å². The van der Waals surface area contributed by atoms with Crippen LogP contribution in [-0.2, 0) is 13.0 Å². The van der Waals surface area contributed by atoms with Gasteiger partial charge >= 0.3 is 0 Å². The first kappa shape index (κ1) is 13.4. The Balaban J connectivity index is 2.07. The number of aromatic hydroxyl groups is 2. The lowest BCUT2D eigenvalue weighted by Crippen LogP contribution is -2.22. The summed E-state index contributed by atoms with van der Waals surface area (Å²) in [7, 11) is 0. The fourth-order valence-electron chi connectivity index (χ4n) is 1.80. The minimum absolute atomic E-state index is 0.0479. The van der Waals surface area contributed by atoms with Crippen LogP contribution < -0.4 is 5.32 Å². The monoisotopic (exact) mass is 277 g/mol. The Hall–Kier alpha value is -2.01. The number of aryl methyl sites for hydroxylation is 1. The van der Waals surface area contributed by atoms with Gasteiger partial charge in [0.15, 0.2) is 0 Å². The van der Waals surface area contributed by atoms with E-state index in [9.17, 15) is 15.0 Å². The molecule has 0 spiro atoms. The van der Waals surface area contributed by atoms with Crippen molar-refractivity contribution >= 4 is 17.2 Å². The number of amides is 1. The van der Waals surface area contributed by atoms with Crippen LogP contribution in [0.5, 0.6) is 11.5 Å². The van der Waals surface area contributed by atoms with Gasteiger partial charge in [0.25, 0.3) is 5.91 Å². The van der Waals surface area contributed by atoms with E-state index in [2.05, 4.69) is 12.2 Å². The predicted molar refractivity (Wildman–Crippen MR) is 74.6 cm³/mol. The second-order valence-electron chi connectivity index (χ2n) is 4.11. The van der Waals surface area contributed by atoms with Crippen molar-refractivity contribution in [1.29, 1.82) is 0 Å². The third kappa shape index (κ3) is 3.06. The molecule has 1 aromatic carbocycles. The van der Waals surface area contributed by atoms with Crippen molar-refractivity contribution in [2.24, 2.45) is 0 Å². The van der Waals surface area contributed by atoms with E-state index >= 15 is 0 Å². The minimum atomic E-state index is -0.399. The molecule has 5 heteroatoms. The Morgan fingerprint density at radius 1 is 1.32 bits per heavy atom. The van der Waals surface area contributed by atoms with Crippen molar-refractivity contribution in [3.05, 3.63) is 45.6 Å². The van der Waals surface area contributed by atoms with Crippen molar-refractivity contribution in [3.8, 4) is 11.5 Å². The smallest absolute Gasteiger partial charge is 0.255 e. The molecule has 2 rings (SSSR count). The van der Waals surface area contributed by atoms with Gasteiger partial charge in [-0.3, -0.25) is 4.79 Å². The molecule has 2 aromatic rings. The maximum absolute atomic E-state index is 11.9. The van der Waals surface area contributed by atoms with Crippen LogP contribution in [0, 0.1) is 0 Å². The topological polar surface area (TPSA) is 69.6 Å². The fraction of sp³-hybridized carbons (Fsp3) is 0.214. The van der Waals surface area contributed by atoms with Crippen molar-refractivity contribution < 1.29 is 15.0 Å². The van der Waals surface area contributed by atoms with Crippen LogP contribution in [0.4, 0.5) is 0 Å². The fourth-order valence-corrected chi connectivity index (χ4v) is 2.71. The van der Waals surface area contributed by atoms with Crippen LogP contribution >= 0.6 is 11.3 Å². The molecule has 0 radical (unpaired) electrons. The average molecular weight is 277 g/mol. The average Bonchev–Trinajstić information content (AvgIpc) is 2.86. The van der Waals surface area contributed by atoms with E-state index in [0.717, 1.165) is 11.3 Å². The molecule has 1 amide bonds. The third-order valence-corrected chi connectivity index (χ3v) is 3.82. The molecule has 3 N–H and O–H groups in total. The summed E-state index contributed by atoms with van der Waals surface area (Å²) in [6, 6.07) is 5.92. The van der Waals surface area contributed by atoms with Crippen molar-refractivity contribution in [1.82, 2.24) is 5.32 Å². The lowest BCUT2D eigenvalue weighted by molar-refractivity contribution is 0.0948. The Morgan fingerprint density at radius 2 is 2.11 bits per heavy atom. The number of phenolic OH excluding ortho intramolecular Hbond substituents is 2. The number of hydrogen-bond donors (Lipinski definition) is 3. The van der Waals surface area contributed by atoms with Crippen molar-refractivity contribution in [2.45, 2.75) is 19.9 Å². The number of carbonyl (C=O) groups excluding carboxylic acids is 1. The molecule has 4 nitrogen and oxygen atoms in total. The van der Waals surface area contributed by atoms with E-state index in [4.69, 9.17) is 0 Å². The largest absolute Gasteiger partial charge is 0.508 e. The summed E-state index contributed by atoms with van der Waals surface area (Å²) in [5.41, 5.74) is 1.29. The quantitative estimate of drug-likeness (QED) is 0.752. The number of carbonyl (C=O) groups is 1. The van der Waals surface area contributed by atoms with Crippen LogP contribution in [0.3, 0.4) is 0 Å². The number of benzene rings is 1. The molecule has 0 bridgehead atoms. The Labute approximate surface area is 115 Å². The van der Waals surface area contributed by atoms with Crippen LogP contribution in [0.25, 0.3) is 0 Å². The van der Waals surface area contributed by atoms with E-state index in [1.165, 1.54) is 23.8 Å². The van der Waals surface area contributed by atoms with Crippen LogP contribution in [-0.4, -0.2) is 16.1 Å². The van der Waals surface area contributed by atoms with Gasteiger partial charge in [-0.25, -0.2) is 0 Å². The highest BCUT2D eigenvalue weighted by Crippen LogP contribution is 2.22. The van der Waals surface area contributed by atoms with Gasteiger partial charge in [0.1, 0.15) is 11.5 Å². The highest BCUT2D eigenvalue weighted by Gasteiger charge is 2.12. The van der Waals surface area contributed by atoms with Gasteiger partial charge in [0.2, 0.25) is 0 Å².